The minimum absolute atomic E-state index is 0.0501. The smallest absolute Gasteiger partial charge is 0.269 e. The first kappa shape index (κ1) is 10.9. The summed E-state index contributed by atoms with van der Waals surface area (Å²) in [5.74, 6) is -0.203. The zero-order valence-electron chi connectivity index (χ0n) is 8.07. The van der Waals surface area contributed by atoms with Crippen LogP contribution in [0.15, 0.2) is 24.3 Å². The molecule has 0 saturated carbocycles. The lowest BCUT2D eigenvalue weighted by atomic mass is 10.2. The van der Waals surface area contributed by atoms with Gasteiger partial charge in [0.15, 0.2) is 0 Å². The molecule has 2 rings (SSSR count). The van der Waals surface area contributed by atoms with Crippen LogP contribution in [0.1, 0.15) is 10.9 Å². The zero-order chi connectivity index (χ0) is 11.7. The van der Waals surface area contributed by atoms with Crippen LogP contribution in [0.3, 0.4) is 0 Å². The summed E-state index contributed by atoms with van der Waals surface area (Å²) < 4.78 is 0. The van der Waals surface area contributed by atoms with Crippen molar-refractivity contribution in [1.82, 2.24) is 5.06 Å². The van der Waals surface area contributed by atoms with E-state index in [1.807, 2.05) is 0 Å². The molecule has 1 atom stereocenters. The number of benzene rings is 1. The Hall–Kier alpha value is -1.60. The molecule has 1 aromatic rings. The number of hydrogen-bond acceptors (Lipinski definition) is 5. The fraction of sp³-hybridized carbons (Fsp3) is 0.222. The fourth-order valence-corrected chi connectivity index (χ4v) is 2.48. The largest absolute Gasteiger partial charge is 0.284 e. The quantitative estimate of drug-likeness (QED) is 0.481. The SMILES string of the molecule is O=C1CS[C@H](c2cccc([N+](=O)[O-])c2)N1O. The molecule has 16 heavy (non-hydrogen) atoms. The average molecular weight is 240 g/mol. The fourth-order valence-electron chi connectivity index (χ4n) is 1.45. The molecule has 1 N–H and O–H groups in total. The molecule has 0 aliphatic carbocycles. The van der Waals surface area contributed by atoms with Gasteiger partial charge in [-0.2, -0.15) is 0 Å². The van der Waals surface area contributed by atoms with Gasteiger partial charge in [-0.3, -0.25) is 20.1 Å². The van der Waals surface area contributed by atoms with Gasteiger partial charge in [-0.15, -0.1) is 11.8 Å². The molecule has 0 radical (unpaired) electrons. The number of carbonyl (C=O) groups excluding carboxylic acids is 1. The summed E-state index contributed by atoms with van der Waals surface area (Å²) in [7, 11) is 0. The van der Waals surface area contributed by atoms with Crippen LogP contribution in [-0.4, -0.2) is 26.9 Å². The summed E-state index contributed by atoms with van der Waals surface area (Å²) in [6, 6.07) is 5.91. The first-order chi connectivity index (χ1) is 7.59. The summed E-state index contributed by atoms with van der Waals surface area (Å²) in [5, 5.41) is 20.1. The van der Waals surface area contributed by atoms with Crippen LogP contribution in [0.25, 0.3) is 0 Å². The highest BCUT2D eigenvalue weighted by atomic mass is 32.2. The van der Waals surface area contributed by atoms with E-state index in [0.717, 1.165) is 0 Å². The maximum absolute atomic E-state index is 11.1. The number of non-ortho nitro benzene ring substituents is 1. The predicted molar refractivity (Wildman–Crippen MR) is 56.9 cm³/mol. The van der Waals surface area contributed by atoms with Gasteiger partial charge in [-0.1, -0.05) is 12.1 Å². The van der Waals surface area contributed by atoms with E-state index in [-0.39, 0.29) is 17.3 Å². The second-order valence-electron chi connectivity index (χ2n) is 3.25. The van der Waals surface area contributed by atoms with Crippen molar-refractivity contribution < 1.29 is 14.9 Å². The van der Waals surface area contributed by atoms with Crippen molar-refractivity contribution in [1.29, 1.82) is 0 Å². The molecule has 1 heterocycles. The molecular weight excluding hydrogens is 232 g/mol. The maximum Gasteiger partial charge on any atom is 0.269 e. The van der Waals surface area contributed by atoms with Crippen molar-refractivity contribution >= 4 is 23.4 Å². The highest BCUT2D eigenvalue weighted by Crippen LogP contribution is 2.37. The molecule has 0 spiro atoms. The second-order valence-corrected chi connectivity index (χ2v) is 4.32. The number of thioether (sulfide) groups is 1. The van der Waals surface area contributed by atoms with E-state index in [9.17, 15) is 20.1 Å². The van der Waals surface area contributed by atoms with E-state index >= 15 is 0 Å². The lowest BCUT2D eigenvalue weighted by Crippen LogP contribution is -2.23. The van der Waals surface area contributed by atoms with Gasteiger partial charge in [0.1, 0.15) is 5.37 Å². The highest BCUT2D eigenvalue weighted by Gasteiger charge is 2.32. The standard InChI is InChI=1S/C9H8N2O4S/c12-8-5-16-9(10(8)13)6-2-1-3-7(4-6)11(14)15/h1-4,9,13H,5H2/t9-/m1/s1. The molecule has 1 aliphatic rings. The predicted octanol–water partition coefficient (Wildman–Crippen LogP) is 1.56. The summed E-state index contributed by atoms with van der Waals surface area (Å²) in [5.41, 5.74) is 0.499. The van der Waals surface area contributed by atoms with Crippen molar-refractivity contribution in [2.45, 2.75) is 5.37 Å². The van der Waals surface area contributed by atoms with Gasteiger partial charge >= 0.3 is 0 Å². The van der Waals surface area contributed by atoms with Crippen molar-refractivity contribution in [3.63, 3.8) is 0 Å². The Labute approximate surface area is 95.0 Å². The Balaban J connectivity index is 2.31. The second kappa shape index (κ2) is 4.11. The zero-order valence-corrected chi connectivity index (χ0v) is 8.88. The summed E-state index contributed by atoms with van der Waals surface area (Å²) >= 11 is 1.24. The number of nitro groups is 1. The molecule has 0 bridgehead atoms. The monoisotopic (exact) mass is 240 g/mol. The third-order valence-electron chi connectivity index (χ3n) is 2.21. The Kier molecular flexibility index (Phi) is 2.80. The molecule has 6 nitrogen and oxygen atoms in total. The van der Waals surface area contributed by atoms with E-state index in [2.05, 4.69) is 0 Å². The van der Waals surface area contributed by atoms with Crippen LogP contribution < -0.4 is 0 Å². The van der Waals surface area contributed by atoms with Gasteiger partial charge < -0.3 is 0 Å². The minimum atomic E-state index is -0.549. The normalized spacial score (nSPS) is 20.2. The molecule has 84 valence electrons. The minimum Gasteiger partial charge on any atom is -0.284 e. The van der Waals surface area contributed by atoms with E-state index in [1.54, 1.807) is 6.07 Å². The van der Waals surface area contributed by atoms with Gasteiger partial charge in [-0.05, 0) is 5.56 Å². The topological polar surface area (TPSA) is 83.7 Å². The maximum atomic E-state index is 11.1. The van der Waals surface area contributed by atoms with E-state index in [4.69, 9.17) is 0 Å². The first-order valence-corrected chi connectivity index (χ1v) is 5.51. The van der Waals surface area contributed by atoms with Crippen molar-refractivity contribution in [2.24, 2.45) is 0 Å². The van der Waals surface area contributed by atoms with Gasteiger partial charge in [-0.25, -0.2) is 5.06 Å². The van der Waals surface area contributed by atoms with Crippen LogP contribution in [0.2, 0.25) is 0 Å². The number of hydrogen-bond donors (Lipinski definition) is 1. The van der Waals surface area contributed by atoms with Gasteiger partial charge in [0.2, 0.25) is 0 Å². The molecule has 1 aliphatic heterocycles. The van der Waals surface area contributed by atoms with Gasteiger partial charge in [0.05, 0.1) is 10.7 Å². The number of hydroxylamine groups is 2. The van der Waals surface area contributed by atoms with Gasteiger partial charge in [0, 0.05) is 12.1 Å². The molecule has 7 heteroatoms. The van der Waals surface area contributed by atoms with E-state index < -0.39 is 10.3 Å². The molecular formula is C9H8N2O4S. The van der Waals surface area contributed by atoms with Crippen molar-refractivity contribution in [3.8, 4) is 0 Å². The van der Waals surface area contributed by atoms with Crippen molar-refractivity contribution in [2.75, 3.05) is 5.75 Å². The number of rotatable bonds is 2. The van der Waals surface area contributed by atoms with Crippen LogP contribution in [0, 0.1) is 10.1 Å². The highest BCUT2D eigenvalue weighted by molar-refractivity contribution is 8.00. The third-order valence-corrected chi connectivity index (χ3v) is 3.41. The first-order valence-electron chi connectivity index (χ1n) is 4.46. The summed E-state index contributed by atoms with van der Waals surface area (Å²) in [4.78, 5) is 21.2. The molecule has 1 amide bonds. The molecule has 1 saturated heterocycles. The average Bonchev–Trinajstić information content (AvgIpc) is 2.60. The molecule has 1 fully saturated rings. The number of carbonyl (C=O) groups is 1. The van der Waals surface area contributed by atoms with E-state index in [1.165, 1.54) is 30.0 Å². The Morgan fingerprint density at radius 2 is 2.31 bits per heavy atom. The van der Waals surface area contributed by atoms with Crippen LogP contribution in [0.5, 0.6) is 0 Å². The van der Waals surface area contributed by atoms with E-state index in [0.29, 0.717) is 10.6 Å². The summed E-state index contributed by atoms with van der Waals surface area (Å²) in [6.45, 7) is 0. The Bertz CT molecular complexity index is 451. The number of amides is 1. The number of nitrogens with zero attached hydrogens (tertiary/aromatic N) is 2. The third kappa shape index (κ3) is 1.86. The summed E-state index contributed by atoms with van der Waals surface area (Å²) in [6.07, 6.45) is 0. The lowest BCUT2D eigenvalue weighted by Gasteiger charge is -2.16. The molecule has 0 unspecified atom stereocenters. The molecule has 0 aromatic heterocycles. The Morgan fingerprint density at radius 3 is 2.88 bits per heavy atom. The van der Waals surface area contributed by atoms with Crippen molar-refractivity contribution in [3.05, 3.63) is 39.9 Å². The number of nitro benzene ring substituents is 1. The molecule has 1 aromatic carbocycles. The van der Waals surface area contributed by atoms with Crippen LogP contribution in [-0.2, 0) is 4.79 Å². The van der Waals surface area contributed by atoms with Crippen LogP contribution >= 0.6 is 11.8 Å². The van der Waals surface area contributed by atoms with Crippen LogP contribution in [0.4, 0.5) is 5.69 Å². The van der Waals surface area contributed by atoms with Gasteiger partial charge in [0.25, 0.3) is 11.6 Å². The Morgan fingerprint density at radius 1 is 1.56 bits per heavy atom. The lowest BCUT2D eigenvalue weighted by molar-refractivity contribution is -0.384.